The fraction of sp³-hybridized carbons (Fsp3) is 0.588. The first-order valence-electron chi connectivity index (χ1n) is 8.49. The summed E-state index contributed by atoms with van der Waals surface area (Å²) >= 11 is 0. The Labute approximate surface area is 140 Å². The Morgan fingerprint density at radius 2 is 2.17 bits per heavy atom. The number of hydrogen-bond donors (Lipinski definition) is 0. The molecule has 0 aromatic carbocycles. The minimum Gasteiger partial charge on any atom is -0.381 e. The van der Waals surface area contributed by atoms with Gasteiger partial charge >= 0.3 is 0 Å². The normalized spacial score (nSPS) is 20.7. The number of nitrogens with zero attached hydrogens (tertiary/aromatic N) is 4. The molecule has 1 aliphatic carbocycles. The first-order valence-corrected chi connectivity index (χ1v) is 8.49. The molecule has 2 aromatic rings. The van der Waals surface area contributed by atoms with Gasteiger partial charge in [0, 0.05) is 44.1 Å². The fourth-order valence-electron chi connectivity index (χ4n) is 3.12. The van der Waals surface area contributed by atoms with Gasteiger partial charge in [0.2, 0.25) is 0 Å². The first-order chi connectivity index (χ1) is 11.7. The van der Waals surface area contributed by atoms with Crippen molar-refractivity contribution in [2.24, 2.45) is 11.8 Å². The van der Waals surface area contributed by atoms with Crippen LogP contribution in [-0.4, -0.2) is 45.3 Å². The second-order valence-electron chi connectivity index (χ2n) is 6.85. The number of imidazole rings is 1. The van der Waals surface area contributed by atoms with E-state index < -0.39 is 0 Å². The summed E-state index contributed by atoms with van der Waals surface area (Å²) in [5.74, 6) is 2.41. The maximum absolute atomic E-state index is 12.8. The van der Waals surface area contributed by atoms with Gasteiger partial charge in [0.15, 0.2) is 5.69 Å². The molecule has 2 aromatic heterocycles. The lowest BCUT2D eigenvalue weighted by Crippen LogP contribution is -2.35. The molecule has 0 saturated heterocycles. The molecule has 1 atom stereocenters. The molecule has 24 heavy (non-hydrogen) atoms. The molecule has 0 N–H and O–H groups in total. The highest BCUT2D eigenvalue weighted by molar-refractivity contribution is 5.92. The van der Waals surface area contributed by atoms with Crippen LogP contribution < -0.4 is 0 Å². The molecular formula is C17H22N4O3. The van der Waals surface area contributed by atoms with Gasteiger partial charge in [0.05, 0.1) is 13.2 Å². The van der Waals surface area contributed by atoms with Gasteiger partial charge in [0.1, 0.15) is 11.6 Å². The van der Waals surface area contributed by atoms with Crippen molar-refractivity contribution in [3.05, 3.63) is 35.7 Å². The van der Waals surface area contributed by atoms with E-state index in [4.69, 9.17) is 9.26 Å². The van der Waals surface area contributed by atoms with Crippen LogP contribution >= 0.6 is 0 Å². The summed E-state index contributed by atoms with van der Waals surface area (Å²) in [5, 5.41) is 3.86. The standard InChI is InChI=1S/C17H22N4O3/c1-12-6-15(19-24-12)17(22)21-8-14(11-23-10-13-2-3-13)7-20-5-4-18-16(20)9-21/h4-6,13-14H,2-3,7-11H2,1H3/t14-/m0/s1. The maximum atomic E-state index is 12.8. The Kier molecular flexibility index (Phi) is 4.10. The summed E-state index contributed by atoms with van der Waals surface area (Å²) in [6.07, 6.45) is 6.32. The van der Waals surface area contributed by atoms with Crippen molar-refractivity contribution in [2.75, 3.05) is 19.8 Å². The van der Waals surface area contributed by atoms with E-state index >= 15 is 0 Å². The summed E-state index contributed by atoms with van der Waals surface area (Å²) in [6.45, 7) is 5.23. The van der Waals surface area contributed by atoms with Gasteiger partial charge in [-0.05, 0) is 25.7 Å². The van der Waals surface area contributed by atoms with Crippen molar-refractivity contribution < 1.29 is 14.1 Å². The van der Waals surface area contributed by atoms with E-state index in [1.165, 1.54) is 12.8 Å². The van der Waals surface area contributed by atoms with E-state index in [1.54, 1.807) is 24.1 Å². The lowest BCUT2D eigenvalue weighted by molar-refractivity contribution is 0.0564. The van der Waals surface area contributed by atoms with E-state index in [1.807, 2.05) is 6.20 Å². The molecule has 1 aliphatic heterocycles. The average molecular weight is 330 g/mol. The highest BCUT2D eigenvalue weighted by Crippen LogP contribution is 2.29. The number of hydrogen-bond acceptors (Lipinski definition) is 5. The van der Waals surface area contributed by atoms with Gasteiger partial charge in [-0.1, -0.05) is 5.16 Å². The summed E-state index contributed by atoms with van der Waals surface area (Å²) in [4.78, 5) is 18.9. The Morgan fingerprint density at radius 3 is 2.92 bits per heavy atom. The predicted octanol–water partition coefficient (Wildman–Crippen LogP) is 1.88. The van der Waals surface area contributed by atoms with Crippen LogP contribution in [0.5, 0.6) is 0 Å². The molecule has 0 unspecified atom stereocenters. The van der Waals surface area contributed by atoms with Crippen LogP contribution in [0.1, 0.15) is 34.9 Å². The number of rotatable bonds is 5. The Morgan fingerprint density at radius 1 is 1.33 bits per heavy atom. The maximum Gasteiger partial charge on any atom is 0.276 e. The van der Waals surface area contributed by atoms with Gasteiger partial charge in [-0.3, -0.25) is 4.79 Å². The molecule has 1 fully saturated rings. The third-order valence-electron chi connectivity index (χ3n) is 4.61. The zero-order valence-corrected chi connectivity index (χ0v) is 13.9. The van der Waals surface area contributed by atoms with Gasteiger partial charge in [0.25, 0.3) is 5.91 Å². The van der Waals surface area contributed by atoms with Crippen molar-refractivity contribution >= 4 is 5.91 Å². The van der Waals surface area contributed by atoms with Crippen LogP contribution in [0, 0.1) is 18.8 Å². The quantitative estimate of drug-likeness (QED) is 0.837. The van der Waals surface area contributed by atoms with E-state index in [2.05, 4.69) is 14.7 Å². The fourth-order valence-corrected chi connectivity index (χ4v) is 3.12. The van der Waals surface area contributed by atoms with Gasteiger partial charge in [-0.25, -0.2) is 4.98 Å². The molecule has 0 radical (unpaired) electrons. The van der Waals surface area contributed by atoms with E-state index in [0.29, 0.717) is 31.2 Å². The topological polar surface area (TPSA) is 73.4 Å². The summed E-state index contributed by atoms with van der Waals surface area (Å²) in [7, 11) is 0. The van der Waals surface area contributed by atoms with Crippen LogP contribution in [0.2, 0.25) is 0 Å². The smallest absolute Gasteiger partial charge is 0.276 e. The van der Waals surface area contributed by atoms with Gasteiger partial charge in [-0.2, -0.15) is 0 Å². The van der Waals surface area contributed by atoms with Crippen molar-refractivity contribution in [3.63, 3.8) is 0 Å². The van der Waals surface area contributed by atoms with Crippen LogP contribution in [-0.2, 0) is 17.8 Å². The summed E-state index contributed by atoms with van der Waals surface area (Å²) < 4.78 is 13.0. The lowest BCUT2D eigenvalue weighted by Gasteiger charge is -2.23. The van der Waals surface area contributed by atoms with Crippen molar-refractivity contribution in [1.29, 1.82) is 0 Å². The van der Waals surface area contributed by atoms with Crippen LogP contribution in [0.15, 0.2) is 23.0 Å². The molecule has 7 nitrogen and oxygen atoms in total. The molecule has 0 spiro atoms. The number of ether oxygens (including phenoxy) is 1. The van der Waals surface area contributed by atoms with Crippen molar-refractivity contribution in [1.82, 2.24) is 19.6 Å². The second kappa shape index (κ2) is 6.39. The number of carbonyl (C=O) groups is 1. The molecule has 0 bridgehead atoms. The Balaban J connectivity index is 1.48. The third-order valence-corrected chi connectivity index (χ3v) is 4.61. The number of amides is 1. The summed E-state index contributed by atoms with van der Waals surface area (Å²) in [5.41, 5.74) is 0.352. The van der Waals surface area contributed by atoms with Crippen molar-refractivity contribution in [2.45, 2.75) is 32.9 Å². The lowest BCUT2D eigenvalue weighted by atomic mass is 10.1. The zero-order chi connectivity index (χ0) is 16.5. The van der Waals surface area contributed by atoms with Gasteiger partial charge < -0.3 is 18.7 Å². The number of carbonyl (C=O) groups excluding carboxylic acids is 1. The summed E-state index contributed by atoms with van der Waals surface area (Å²) in [6, 6.07) is 1.68. The minimum atomic E-state index is -0.115. The molecule has 3 heterocycles. The molecule has 1 amide bonds. The third kappa shape index (κ3) is 3.36. The molecular weight excluding hydrogens is 308 g/mol. The van der Waals surface area contributed by atoms with E-state index in [0.717, 1.165) is 24.9 Å². The zero-order valence-electron chi connectivity index (χ0n) is 13.9. The van der Waals surface area contributed by atoms with Crippen LogP contribution in [0.4, 0.5) is 0 Å². The predicted molar refractivity (Wildman–Crippen MR) is 85.2 cm³/mol. The molecule has 2 aliphatic rings. The van der Waals surface area contributed by atoms with Gasteiger partial charge in [-0.15, -0.1) is 0 Å². The number of fused-ring (bicyclic) bond motifs is 1. The molecule has 4 rings (SSSR count). The highest BCUT2D eigenvalue weighted by atomic mass is 16.5. The minimum absolute atomic E-state index is 0.115. The van der Waals surface area contributed by atoms with E-state index in [9.17, 15) is 4.79 Å². The van der Waals surface area contributed by atoms with Crippen LogP contribution in [0.25, 0.3) is 0 Å². The highest BCUT2D eigenvalue weighted by Gasteiger charge is 2.29. The van der Waals surface area contributed by atoms with Crippen molar-refractivity contribution in [3.8, 4) is 0 Å². The number of aromatic nitrogens is 3. The van der Waals surface area contributed by atoms with E-state index in [-0.39, 0.29) is 11.8 Å². The first kappa shape index (κ1) is 15.4. The Hall–Kier alpha value is -2.15. The number of aryl methyl sites for hydroxylation is 1. The Bertz CT molecular complexity index is 719. The largest absolute Gasteiger partial charge is 0.381 e. The van der Waals surface area contributed by atoms with Crippen LogP contribution in [0.3, 0.4) is 0 Å². The second-order valence-corrected chi connectivity index (χ2v) is 6.85. The molecule has 128 valence electrons. The monoisotopic (exact) mass is 330 g/mol. The average Bonchev–Trinajstić information content (AvgIpc) is 3.19. The SMILES string of the molecule is Cc1cc(C(=O)N2Cc3nccn3C[C@H](COCC3CC3)C2)no1. The molecule has 7 heteroatoms. The molecule has 1 saturated carbocycles.